The first-order valence-electron chi connectivity index (χ1n) is 17.0. The topological polar surface area (TPSA) is 38.3 Å². The lowest BCUT2D eigenvalue weighted by atomic mass is 9.84. The molecule has 3 nitrogen and oxygen atoms in total. The van der Waals surface area contributed by atoms with E-state index in [4.69, 9.17) is 8.39 Å². The van der Waals surface area contributed by atoms with Gasteiger partial charge in [-0.1, -0.05) is 84.9 Å². The molecule has 1 aromatic heterocycles. The Labute approximate surface area is 269 Å². The molecule has 1 unspecified atom stereocenters. The van der Waals surface area contributed by atoms with E-state index in [0.29, 0.717) is 11.6 Å². The van der Waals surface area contributed by atoms with Crippen LogP contribution in [0.5, 0.6) is 0 Å². The van der Waals surface area contributed by atoms with Gasteiger partial charge in [-0.3, -0.25) is 0 Å². The third kappa shape index (κ3) is 5.74. The molecule has 45 heavy (non-hydrogen) atoms. The van der Waals surface area contributed by atoms with Crippen molar-refractivity contribution in [1.82, 2.24) is 0 Å². The molecule has 0 saturated carbocycles. The normalized spacial score (nSPS) is 20.2. The van der Waals surface area contributed by atoms with Gasteiger partial charge in [0.15, 0.2) is 0 Å². The van der Waals surface area contributed by atoms with Gasteiger partial charge in [0, 0.05) is 22.5 Å². The molecule has 0 bridgehead atoms. The highest BCUT2D eigenvalue weighted by molar-refractivity contribution is 7.73. The fourth-order valence-electron chi connectivity index (χ4n) is 8.16. The van der Waals surface area contributed by atoms with Crippen LogP contribution >= 0.6 is 16.1 Å². The highest BCUT2D eigenvalue weighted by Gasteiger charge is 2.35. The third-order valence-corrected chi connectivity index (χ3v) is 14.6. The van der Waals surface area contributed by atoms with E-state index in [0.717, 1.165) is 36.8 Å². The molecule has 5 heteroatoms. The van der Waals surface area contributed by atoms with Crippen molar-refractivity contribution in [2.24, 2.45) is 5.92 Å². The van der Waals surface area contributed by atoms with E-state index in [2.05, 4.69) is 109 Å². The maximum absolute atomic E-state index is 6.94. The van der Waals surface area contributed by atoms with Crippen LogP contribution in [0, 0.1) is 5.92 Å². The quantitative estimate of drug-likeness (QED) is 0.150. The van der Waals surface area contributed by atoms with Crippen molar-refractivity contribution in [1.29, 1.82) is 0 Å². The summed E-state index contributed by atoms with van der Waals surface area (Å²) in [6.07, 6.45) is 16.9. The molecule has 4 aromatic carbocycles. The van der Waals surface area contributed by atoms with Crippen molar-refractivity contribution in [3.8, 4) is 0 Å². The lowest BCUT2D eigenvalue weighted by molar-refractivity contribution is 0.436. The van der Waals surface area contributed by atoms with Gasteiger partial charge in [0.2, 0.25) is 0 Å². The van der Waals surface area contributed by atoms with Gasteiger partial charge in [-0.2, -0.15) is 0 Å². The summed E-state index contributed by atoms with van der Waals surface area (Å²) in [6, 6.07) is 31.7. The zero-order chi connectivity index (χ0) is 30.2. The first kappa shape index (κ1) is 29.3. The zero-order valence-corrected chi connectivity index (χ0v) is 28.0. The Balaban J connectivity index is 1.22. The number of aryl methyl sites for hydroxylation is 4. The Hall–Kier alpha value is -3.09. The molecule has 8 rings (SSSR count). The van der Waals surface area contributed by atoms with Crippen LogP contribution < -0.4 is 15.7 Å². The maximum atomic E-state index is 6.94. The molecule has 0 saturated heterocycles. The molecular formula is C40H43NO2P2. The van der Waals surface area contributed by atoms with Crippen LogP contribution in [0.3, 0.4) is 0 Å². The van der Waals surface area contributed by atoms with Crippen molar-refractivity contribution in [2.75, 3.05) is 5.09 Å². The molecule has 3 aliphatic carbocycles. The fourth-order valence-corrected chi connectivity index (χ4v) is 12.5. The number of benzene rings is 4. The second-order valence-electron chi connectivity index (χ2n) is 13.1. The van der Waals surface area contributed by atoms with E-state index >= 15 is 0 Å². The minimum absolute atomic E-state index is 0.226. The van der Waals surface area contributed by atoms with Crippen molar-refractivity contribution in [2.45, 2.75) is 82.8 Å². The molecule has 0 amide bonds. The highest BCUT2D eigenvalue weighted by Crippen LogP contribution is 2.49. The van der Waals surface area contributed by atoms with Gasteiger partial charge in [0.25, 0.3) is 0 Å². The van der Waals surface area contributed by atoms with Crippen molar-refractivity contribution in [3.63, 3.8) is 0 Å². The summed E-state index contributed by atoms with van der Waals surface area (Å²) < 4.78 is 13.9. The predicted octanol–water partition coefficient (Wildman–Crippen LogP) is 10.4. The number of hydrogen-bond donors (Lipinski definition) is 1. The lowest BCUT2D eigenvalue weighted by Gasteiger charge is -2.38. The number of nitrogens with one attached hydrogen (secondary N) is 1. The second kappa shape index (κ2) is 13.0. The number of allylic oxidation sites excluding steroid dienone is 2. The summed E-state index contributed by atoms with van der Waals surface area (Å²) in [4.78, 5) is 0. The van der Waals surface area contributed by atoms with Crippen LogP contribution in [0.2, 0.25) is 0 Å². The van der Waals surface area contributed by atoms with Crippen LogP contribution in [0.25, 0.3) is 21.9 Å². The van der Waals surface area contributed by atoms with Gasteiger partial charge in [-0.25, -0.2) is 5.09 Å². The molecule has 0 fully saturated rings. The molecule has 230 valence electrons. The Bertz CT molecular complexity index is 1760. The van der Waals surface area contributed by atoms with Crippen LogP contribution in [0.4, 0.5) is 0 Å². The average Bonchev–Trinajstić information content (AvgIpc) is 3.26. The summed E-state index contributed by atoms with van der Waals surface area (Å²) in [5.41, 5.74) is 8.46. The zero-order valence-electron chi connectivity index (χ0n) is 26.3. The van der Waals surface area contributed by atoms with E-state index in [1.807, 2.05) is 0 Å². The second-order valence-corrected chi connectivity index (χ2v) is 16.6. The minimum atomic E-state index is -1.38. The van der Waals surface area contributed by atoms with Gasteiger partial charge in [-0.15, -0.1) is 0 Å². The number of fused-ring (bicyclic) bond motifs is 7. The van der Waals surface area contributed by atoms with Crippen molar-refractivity contribution >= 4 is 48.6 Å². The Kier molecular flexibility index (Phi) is 8.44. The van der Waals surface area contributed by atoms with Gasteiger partial charge >= 0.3 is 8.16 Å². The summed E-state index contributed by atoms with van der Waals surface area (Å²) >= 11 is 0. The smallest absolute Gasteiger partial charge is 0.307 e. The highest BCUT2D eigenvalue weighted by atomic mass is 31.1. The van der Waals surface area contributed by atoms with Gasteiger partial charge in [-0.05, 0) is 130 Å². The lowest BCUT2D eigenvalue weighted by Crippen LogP contribution is -2.37. The Morgan fingerprint density at radius 1 is 0.689 bits per heavy atom. The molecule has 1 heterocycles. The summed E-state index contributed by atoms with van der Waals surface area (Å²) in [5, 5.41) is 9.50. The molecule has 0 aliphatic heterocycles. The van der Waals surface area contributed by atoms with Crippen molar-refractivity contribution < 1.29 is 8.39 Å². The molecule has 3 atom stereocenters. The van der Waals surface area contributed by atoms with E-state index in [1.165, 1.54) is 82.2 Å². The van der Waals surface area contributed by atoms with E-state index in [1.54, 1.807) is 0 Å². The molecule has 0 radical (unpaired) electrons. The Morgan fingerprint density at radius 3 is 1.78 bits per heavy atom. The van der Waals surface area contributed by atoms with Gasteiger partial charge in [0.05, 0.1) is 0 Å². The number of rotatable bonds is 6. The largest absolute Gasteiger partial charge is 0.408 e. The standard InChI is InChI=1S/C40H43NO2P2/c1-28(33-20-12-13-23-38(33)44(31-16-4-2-5-17-31)32-18-6-3-7-19-32)41-45-42-36-26-24-29-14-8-10-21-34(29)39(36)40-35-22-11-9-15-30(35)25-27-37(40)43-45/h2-7,13,16-19,23-28,33,38,41H,8-12,14-15,20-22H2,1H3/t28-,33+,38?/m1/s1. The number of hydrogen-bond acceptors (Lipinski definition) is 3. The monoisotopic (exact) mass is 631 g/mol. The minimum Gasteiger partial charge on any atom is -0.408 e. The third-order valence-electron chi connectivity index (χ3n) is 10.4. The first-order chi connectivity index (χ1) is 22.2. The molecule has 1 N–H and O–H groups in total. The first-order valence-corrected chi connectivity index (χ1v) is 19.6. The van der Waals surface area contributed by atoms with E-state index in [-0.39, 0.29) is 6.04 Å². The van der Waals surface area contributed by atoms with E-state index < -0.39 is 16.1 Å². The average molecular weight is 632 g/mol. The summed E-state index contributed by atoms with van der Waals surface area (Å²) in [5.74, 6) is 0.463. The Morgan fingerprint density at radius 2 is 1.22 bits per heavy atom. The van der Waals surface area contributed by atoms with Gasteiger partial charge < -0.3 is 8.39 Å². The maximum Gasteiger partial charge on any atom is 0.307 e. The van der Waals surface area contributed by atoms with Gasteiger partial charge in [0.1, 0.15) is 11.2 Å². The van der Waals surface area contributed by atoms with Crippen LogP contribution in [0.15, 0.2) is 105 Å². The van der Waals surface area contributed by atoms with Crippen LogP contribution in [0.1, 0.15) is 67.7 Å². The SMILES string of the molecule is C[C@@H](Np1oc2ccc3c(c2c2c4c(ccc2o1)CCCC4)CCCC3)[C@@H]1CCC=CC1P(c1ccccc1)c1ccccc1. The van der Waals surface area contributed by atoms with Crippen molar-refractivity contribution in [3.05, 3.63) is 119 Å². The molecule has 5 aromatic rings. The van der Waals surface area contributed by atoms with Crippen LogP contribution in [-0.2, 0) is 25.7 Å². The predicted molar refractivity (Wildman–Crippen MR) is 193 cm³/mol. The molecular weight excluding hydrogens is 588 g/mol. The summed E-state index contributed by atoms with van der Waals surface area (Å²) in [7, 11) is -1.94. The van der Waals surface area contributed by atoms with E-state index in [9.17, 15) is 0 Å². The summed E-state index contributed by atoms with van der Waals surface area (Å²) in [6.45, 7) is 2.36. The fraction of sp³-hybridized carbons (Fsp3) is 0.350. The molecule has 0 spiro atoms. The molecule has 3 aliphatic rings. The van der Waals surface area contributed by atoms with Crippen LogP contribution in [-0.4, -0.2) is 11.7 Å².